The normalized spacial score (nSPS) is 18.0. The molecule has 0 spiro atoms. The van der Waals surface area contributed by atoms with Crippen molar-refractivity contribution in [1.82, 2.24) is 39.4 Å². The first-order valence-electron chi connectivity index (χ1n) is 16.5. The van der Waals surface area contributed by atoms with Gasteiger partial charge in [0.1, 0.15) is 29.7 Å². The molecule has 0 saturated heterocycles. The second-order valence-corrected chi connectivity index (χ2v) is 16.9. The second-order valence-electron chi connectivity index (χ2n) is 13.6. The van der Waals surface area contributed by atoms with Gasteiger partial charge in [-0.1, -0.05) is 22.9 Å². The van der Waals surface area contributed by atoms with E-state index in [4.69, 9.17) is 11.6 Å². The summed E-state index contributed by atoms with van der Waals surface area (Å²) in [5.41, 5.74) is -4.18. The van der Waals surface area contributed by atoms with Crippen LogP contribution in [0.2, 0.25) is 5.02 Å². The summed E-state index contributed by atoms with van der Waals surface area (Å²) in [5.74, 6) is -9.82. The van der Waals surface area contributed by atoms with Crippen molar-refractivity contribution in [3.63, 3.8) is 0 Å². The highest BCUT2D eigenvalue weighted by Crippen LogP contribution is 2.68. The van der Waals surface area contributed by atoms with Crippen molar-refractivity contribution in [2.45, 2.75) is 50.4 Å². The van der Waals surface area contributed by atoms with Crippen LogP contribution in [0.1, 0.15) is 51.7 Å². The maximum atomic E-state index is 15.4. The third-order valence-electron chi connectivity index (χ3n) is 9.51. The summed E-state index contributed by atoms with van der Waals surface area (Å²) in [4.78, 5) is 37.3. The van der Waals surface area contributed by atoms with Crippen LogP contribution in [0.25, 0.3) is 26.9 Å². The molecule has 13 nitrogen and oxygen atoms in total. The van der Waals surface area contributed by atoms with Crippen LogP contribution in [-0.2, 0) is 46.9 Å². The van der Waals surface area contributed by atoms with Crippen molar-refractivity contribution in [3.8, 4) is 5.69 Å². The molecule has 1 saturated carbocycles. The Morgan fingerprint density at radius 1 is 1.12 bits per heavy atom. The summed E-state index contributed by atoms with van der Waals surface area (Å²) in [7, 11) is -2.48. The zero-order chi connectivity index (χ0) is 40.4. The minimum atomic E-state index is -5.10. The number of carbonyl (C=O) groups excluding carboxylic acids is 1. The fourth-order valence-electron chi connectivity index (χ4n) is 7.39. The molecule has 6 aromatic rings. The number of amides is 1. The van der Waals surface area contributed by atoms with Crippen LogP contribution < -0.4 is 15.6 Å². The molecule has 1 fully saturated rings. The number of nitrogens with one attached hydrogen (secondary N) is 2. The van der Waals surface area contributed by atoms with Gasteiger partial charge in [-0.2, -0.15) is 32.1 Å². The first kappa shape index (κ1) is 37.8. The number of halogens is 8. The van der Waals surface area contributed by atoms with Gasteiger partial charge in [-0.25, -0.2) is 27.2 Å². The number of hydrogen-bond donors (Lipinski definition) is 2. The van der Waals surface area contributed by atoms with Gasteiger partial charge in [-0.15, -0.1) is 0 Å². The van der Waals surface area contributed by atoms with Gasteiger partial charge in [-0.05, 0) is 49.1 Å². The molecule has 8 rings (SSSR count). The standard InChI is InChI=1S/C33H25ClF7N9O4S2/c1-12-42-24-30(55-12)44-29(50(31(24)52)20-5-4-18(34)23-25(20)48(2)46-28(23)47-56(3,53)54)19(8-13-6-14(35)9-15(36)7-13)43-21(51)11-49-27-22(26(45-49)33(39,40)41)16-10-17(16)32(27,37)38/h4-7,9,16-17,19H,8,10-11H2,1-3H3,(H,43,51)(H,46,47)/t16-,17+,19-/m0/s1. The van der Waals surface area contributed by atoms with Crippen LogP contribution in [0, 0.1) is 24.5 Å². The Kier molecular flexibility index (Phi) is 8.58. The number of rotatable bonds is 9. The predicted octanol–water partition coefficient (Wildman–Crippen LogP) is 5.86. The lowest BCUT2D eigenvalue weighted by atomic mass is 10.0. The van der Waals surface area contributed by atoms with Crippen molar-refractivity contribution in [3.05, 3.63) is 90.7 Å². The Morgan fingerprint density at radius 2 is 1.82 bits per heavy atom. The SMILES string of the molecule is Cc1nc2c(=O)n(-c3ccc(Cl)c4c(NS(C)(=O)=O)nn(C)c34)c([C@H](Cc3cc(F)cc(F)c3)NC(=O)Cn3nc(C(F)(F)F)c4c3C(F)(F)[C@@H]3C[C@H]43)nc2s1. The number of fused-ring (bicyclic) bond motifs is 5. The number of alkyl halides is 5. The average Bonchev–Trinajstić information content (AvgIpc) is 3.35. The molecule has 1 amide bonds. The molecular weight excluding hydrogens is 819 g/mol. The Balaban J connectivity index is 1.31. The van der Waals surface area contributed by atoms with E-state index >= 15 is 8.78 Å². The van der Waals surface area contributed by atoms with E-state index in [1.165, 1.54) is 23.9 Å². The largest absolute Gasteiger partial charge is 0.435 e. The average molecular weight is 844 g/mol. The number of thiazole rings is 1. The van der Waals surface area contributed by atoms with E-state index in [9.17, 15) is 40.0 Å². The number of aromatic nitrogens is 7. The first-order valence-corrected chi connectivity index (χ1v) is 19.5. The van der Waals surface area contributed by atoms with E-state index in [2.05, 4.69) is 30.2 Å². The highest BCUT2D eigenvalue weighted by molar-refractivity contribution is 7.92. The summed E-state index contributed by atoms with van der Waals surface area (Å²) in [6.45, 7) is 0.452. The lowest BCUT2D eigenvalue weighted by molar-refractivity contribution is -0.142. The van der Waals surface area contributed by atoms with Crippen molar-refractivity contribution < 1.29 is 43.9 Å². The molecule has 2 aliphatic carbocycles. The van der Waals surface area contributed by atoms with E-state index in [0.29, 0.717) is 15.8 Å². The van der Waals surface area contributed by atoms with Crippen molar-refractivity contribution >= 4 is 65.9 Å². The molecule has 2 N–H and O–H groups in total. The van der Waals surface area contributed by atoms with Crippen LogP contribution in [0.4, 0.5) is 36.6 Å². The summed E-state index contributed by atoms with van der Waals surface area (Å²) in [6.07, 6.45) is -4.89. The summed E-state index contributed by atoms with van der Waals surface area (Å²) in [6, 6.07) is 3.62. The minimum absolute atomic E-state index is 0.00986. The van der Waals surface area contributed by atoms with Crippen molar-refractivity contribution in [2.24, 2.45) is 13.0 Å². The molecule has 0 aliphatic heterocycles. The zero-order valence-electron chi connectivity index (χ0n) is 28.8. The quantitative estimate of drug-likeness (QED) is 0.171. The van der Waals surface area contributed by atoms with Crippen molar-refractivity contribution in [2.75, 3.05) is 11.0 Å². The monoisotopic (exact) mass is 843 g/mol. The summed E-state index contributed by atoms with van der Waals surface area (Å²) in [5, 5.41) is 10.6. The molecule has 2 aromatic carbocycles. The third kappa shape index (κ3) is 6.36. The first-order chi connectivity index (χ1) is 26.1. The molecule has 0 radical (unpaired) electrons. The van der Waals surface area contributed by atoms with Gasteiger partial charge in [0.15, 0.2) is 21.9 Å². The highest BCUT2D eigenvalue weighted by atomic mass is 35.5. The van der Waals surface area contributed by atoms with Crippen molar-refractivity contribution in [1.29, 1.82) is 0 Å². The zero-order valence-corrected chi connectivity index (χ0v) is 31.2. The molecule has 23 heteroatoms. The molecule has 294 valence electrons. The fourth-order valence-corrected chi connectivity index (χ4v) is 8.91. The molecule has 0 unspecified atom stereocenters. The molecular formula is C33H25ClF7N9O4S2. The third-order valence-corrected chi connectivity index (χ3v) is 11.3. The molecule has 0 bridgehead atoms. The number of aryl methyl sites for hydroxylation is 2. The number of sulfonamides is 1. The molecule has 4 heterocycles. The van der Waals surface area contributed by atoms with Gasteiger partial charge < -0.3 is 5.32 Å². The molecule has 3 atom stereocenters. The van der Waals surface area contributed by atoms with Crippen LogP contribution >= 0.6 is 22.9 Å². The summed E-state index contributed by atoms with van der Waals surface area (Å²) < 4.78 is 131. The van der Waals surface area contributed by atoms with Gasteiger partial charge in [0, 0.05) is 31.0 Å². The van der Waals surface area contributed by atoms with E-state index < -0.39 is 93.0 Å². The van der Waals surface area contributed by atoms with Gasteiger partial charge in [0.05, 0.1) is 38.9 Å². The topological polar surface area (TPSA) is 159 Å². The Hall–Kier alpha value is -5.09. The minimum Gasteiger partial charge on any atom is -0.344 e. The Morgan fingerprint density at radius 3 is 2.48 bits per heavy atom. The molecule has 4 aromatic heterocycles. The van der Waals surface area contributed by atoms with Gasteiger partial charge in [-0.3, -0.25) is 28.2 Å². The van der Waals surface area contributed by atoms with E-state index in [1.54, 1.807) is 6.92 Å². The van der Waals surface area contributed by atoms with E-state index in [-0.39, 0.29) is 55.6 Å². The second kappa shape index (κ2) is 12.7. The highest BCUT2D eigenvalue weighted by Gasteiger charge is 2.68. The lowest BCUT2D eigenvalue weighted by Gasteiger charge is -2.23. The maximum absolute atomic E-state index is 15.4. The number of benzene rings is 2. The number of carbonyl (C=O) groups is 1. The van der Waals surface area contributed by atoms with Crippen LogP contribution in [0.5, 0.6) is 0 Å². The van der Waals surface area contributed by atoms with Crippen LogP contribution in [-0.4, -0.2) is 54.7 Å². The Labute approximate surface area is 319 Å². The fraction of sp³-hybridized carbons (Fsp3) is 0.333. The number of anilines is 1. The Bertz CT molecular complexity index is 2810. The number of nitrogens with zero attached hydrogens (tertiary/aromatic N) is 7. The van der Waals surface area contributed by atoms with Gasteiger partial charge >= 0.3 is 6.18 Å². The maximum Gasteiger partial charge on any atom is 0.435 e. The summed E-state index contributed by atoms with van der Waals surface area (Å²) >= 11 is 7.52. The predicted molar refractivity (Wildman–Crippen MR) is 188 cm³/mol. The molecule has 56 heavy (non-hydrogen) atoms. The van der Waals surface area contributed by atoms with Crippen LogP contribution in [0.3, 0.4) is 0 Å². The molecule has 2 aliphatic rings. The van der Waals surface area contributed by atoms with E-state index in [0.717, 1.165) is 34.3 Å². The van der Waals surface area contributed by atoms with Crippen LogP contribution in [0.15, 0.2) is 35.1 Å². The smallest absolute Gasteiger partial charge is 0.344 e. The number of hydrogen-bond acceptors (Lipinski definition) is 9. The lowest BCUT2D eigenvalue weighted by Crippen LogP contribution is -2.38. The van der Waals surface area contributed by atoms with Gasteiger partial charge in [0.25, 0.3) is 11.5 Å². The van der Waals surface area contributed by atoms with Gasteiger partial charge in [0.2, 0.25) is 15.9 Å². The van der Waals surface area contributed by atoms with E-state index in [1.807, 2.05) is 0 Å².